The van der Waals surface area contributed by atoms with Crippen LogP contribution in [0.1, 0.15) is 123 Å². The molecule has 0 amide bonds. The molecule has 15 rings (SSSR count). The van der Waals surface area contributed by atoms with Crippen molar-refractivity contribution in [3.05, 3.63) is 436 Å². The number of hydrogen-bond donors (Lipinski definition) is 0. The second-order valence-electron chi connectivity index (χ2n) is 30.9. The van der Waals surface area contributed by atoms with E-state index in [4.69, 9.17) is 40.0 Å². The quantitative estimate of drug-likeness (QED) is 0.0376. The van der Waals surface area contributed by atoms with Crippen molar-refractivity contribution in [2.24, 2.45) is 0 Å². The van der Waals surface area contributed by atoms with E-state index in [0.29, 0.717) is 0 Å². The molecule has 3 saturated heterocycles. The van der Waals surface area contributed by atoms with Crippen LogP contribution in [-0.4, -0.2) is 57.5 Å². The number of benzene rings is 12. The van der Waals surface area contributed by atoms with Gasteiger partial charge in [-0.05, 0) is 165 Å². The van der Waals surface area contributed by atoms with E-state index in [-0.39, 0.29) is 34.0 Å². The first-order valence-electron chi connectivity index (χ1n) is 39.2. The Labute approximate surface area is 658 Å². The molecule has 3 aliphatic heterocycles. The molecule has 3 aliphatic rings. The maximum atomic E-state index is 6.00. The standard InChI is InChI=1S/C99H108N4P6/c1-79-55-61-91(62-56-79)104(4,88-49-31-16-32-50-88)101(107(7)94(82-37-19-10-20-38-82)67-68-95(107)83-39-21-11-22-40-83)76-73-100(74-77-102(105(5,89-51-33-17-34-52-89)92-63-57-80(2)58-64-92)108(8)96(84-41-23-12-24-42-84)69-70-97(108)85-43-25-13-26-44-85)75-78-103(106(6,90-53-35-18-36-54-90)93-65-59-81(3)60-66-93)109(9)98(86-45-27-14-28-46-86)71-72-99(109)87-47-29-15-30-48-87/h10-66,94-99H,4-9,67-78H2,1-3H3/t94-,95-,96-,97-,98-,99-,104?,105?,106?/m0/s1. The Hall–Kier alpha value is -6.94. The second-order valence-corrected chi connectivity index (χ2v) is 51.5. The monoisotopic (exact) mass is 1540 g/mol. The Morgan fingerprint density at radius 2 is 0.385 bits per heavy atom. The van der Waals surface area contributed by atoms with E-state index in [1.807, 2.05) is 0 Å². The summed E-state index contributed by atoms with van der Waals surface area (Å²) in [5.41, 5.74) is 13.1. The molecule has 3 heterocycles. The molecule has 0 N–H and O–H groups in total. The first-order chi connectivity index (χ1) is 53.1. The number of nitrogens with zero attached hydrogens (tertiary/aromatic N) is 4. The van der Waals surface area contributed by atoms with Crippen molar-refractivity contribution in [3.8, 4) is 0 Å². The molecule has 3 fully saturated rings. The summed E-state index contributed by atoms with van der Waals surface area (Å²) in [6.45, 7) is 46.7. The van der Waals surface area contributed by atoms with Gasteiger partial charge >= 0.3 is 0 Å². The Morgan fingerprint density at radius 3 is 0.560 bits per heavy atom. The zero-order valence-corrected chi connectivity index (χ0v) is 69.4. The molecule has 0 saturated carbocycles. The van der Waals surface area contributed by atoms with Crippen LogP contribution >= 0.6 is 44.5 Å². The summed E-state index contributed by atoms with van der Waals surface area (Å²) >= 11 is 0. The van der Waals surface area contributed by atoms with Gasteiger partial charge < -0.3 is 0 Å². The van der Waals surface area contributed by atoms with Crippen molar-refractivity contribution >= 4 is 76.3 Å². The highest BCUT2D eigenvalue weighted by molar-refractivity contribution is 7.98. The van der Waals surface area contributed by atoms with Crippen LogP contribution in [0.3, 0.4) is 0 Å². The Balaban J connectivity index is 0.978. The first-order valence-corrected chi connectivity index (χ1v) is 51.2. The summed E-state index contributed by atoms with van der Waals surface area (Å²) in [6.07, 6.45) is 6.23. The predicted octanol–water partition coefficient (Wildman–Crippen LogP) is 25.2. The van der Waals surface area contributed by atoms with Gasteiger partial charge in [-0.1, -0.05) is 290 Å². The molecular weight excluding hydrogens is 1430 g/mol. The normalized spacial score (nSPS) is 21.1. The molecule has 0 radical (unpaired) electrons. The molecule has 0 aliphatic carbocycles. The van der Waals surface area contributed by atoms with Crippen molar-refractivity contribution < 1.29 is 0 Å². The maximum absolute atomic E-state index is 6.00. The van der Waals surface area contributed by atoms with Crippen molar-refractivity contribution in [3.63, 3.8) is 0 Å². The van der Waals surface area contributed by atoms with Gasteiger partial charge in [-0.15, -0.1) is 33.3 Å². The molecule has 0 aromatic heterocycles. The Kier molecular flexibility index (Phi) is 24.0. The van der Waals surface area contributed by atoms with E-state index >= 15 is 0 Å². The fourth-order valence-electron chi connectivity index (χ4n) is 19.1. The van der Waals surface area contributed by atoms with Crippen LogP contribution in [0.2, 0.25) is 0 Å². The number of aryl methyl sites for hydroxylation is 3. The molecule has 4 nitrogen and oxygen atoms in total. The van der Waals surface area contributed by atoms with Crippen molar-refractivity contribution in [2.75, 3.05) is 39.3 Å². The van der Waals surface area contributed by atoms with Gasteiger partial charge in [0.15, 0.2) is 0 Å². The summed E-state index contributed by atoms with van der Waals surface area (Å²) in [4.78, 5) is 2.94. The van der Waals surface area contributed by atoms with Gasteiger partial charge in [0.1, 0.15) is 0 Å². The lowest BCUT2D eigenvalue weighted by Crippen LogP contribution is -2.46. The minimum absolute atomic E-state index is 0.189. The zero-order chi connectivity index (χ0) is 75.2. The molecule has 12 aromatic rings. The summed E-state index contributed by atoms with van der Waals surface area (Å²) < 4.78 is 9.21. The van der Waals surface area contributed by atoms with Gasteiger partial charge in [-0.2, -0.15) is 20.0 Å². The summed E-state index contributed by atoms with van der Waals surface area (Å²) in [6, 6.07) is 132. The highest BCUT2D eigenvalue weighted by Crippen LogP contribution is 2.94. The lowest BCUT2D eigenvalue weighted by atomic mass is 10.0. The van der Waals surface area contributed by atoms with E-state index in [2.05, 4.69) is 385 Å². The molecular formula is C99H108N4P6. The topological polar surface area (TPSA) is 13.0 Å². The van der Waals surface area contributed by atoms with Gasteiger partial charge in [0.2, 0.25) is 0 Å². The molecule has 3 unspecified atom stereocenters. The van der Waals surface area contributed by atoms with E-state index in [9.17, 15) is 0 Å². The van der Waals surface area contributed by atoms with Crippen LogP contribution < -0.4 is 31.8 Å². The van der Waals surface area contributed by atoms with Gasteiger partial charge in [0, 0.05) is 41.9 Å². The minimum Gasteiger partial charge on any atom is -0.299 e. The molecule has 9 atom stereocenters. The second kappa shape index (κ2) is 33.8. The average molecular weight is 1540 g/mol. The smallest absolute Gasteiger partial charge is 0.0906 e. The molecule has 10 heteroatoms. The van der Waals surface area contributed by atoms with E-state index in [1.54, 1.807) is 0 Å². The zero-order valence-electron chi connectivity index (χ0n) is 64.1. The minimum atomic E-state index is -2.81. The summed E-state index contributed by atoms with van der Waals surface area (Å²) in [5.74, 6) is 0. The lowest BCUT2D eigenvalue weighted by Gasteiger charge is -2.53. The van der Waals surface area contributed by atoms with Gasteiger partial charge in [-0.3, -0.25) is 4.90 Å². The lowest BCUT2D eigenvalue weighted by molar-refractivity contribution is 0.259. The number of rotatable bonds is 27. The third-order valence-corrected chi connectivity index (χ3v) is 53.4. The van der Waals surface area contributed by atoms with Crippen LogP contribution in [-0.2, 0) is 0 Å². The van der Waals surface area contributed by atoms with Crippen LogP contribution in [0.5, 0.6) is 0 Å². The molecule has 554 valence electrons. The van der Waals surface area contributed by atoms with Crippen LogP contribution in [0, 0.1) is 60.8 Å². The fraction of sp³-hybridized carbons (Fsp3) is 0.212. The van der Waals surface area contributed by atoms with Crippen molar-refractivity contribution in [1.29, 1.82) is 0 Å². The van der Waals surface area contributed by atoms with Gasteiger partial charge in [0.25, 0.3) is 0 Å². The van der Waals surface area contributed by atoms with Crippen molar-refractivity contribution in [2.45, 2.75) is 93.3 Å². The summed E-state index contributed by atoms with van der Waals surface area (Å²) in [5, 5.41) is 7.71. The first kappa shape index (κ1) is 77.4. The van der Waals surface area contributed by atoms with Crippen LogP contribution in [0.4, 0.5) is 0 Å². The van der Waals surface area contributed by atoms with E-state index in [1.165, 1.54) is 81.9 Å². The Bertz CT molecular complexity index is 4230. The molecule has 0 bridgehead atoms. The largest absolute Gasteiger partial charge is 0.299 e. The summed E-state index contributed by atoms with van der Waals surface area (Å²) in [7, 11) is -16.3. The Morgan fingerprint density at radius 1 is 0.229 bits per heavy atom. The highest BCUT2D eigenvalue weighted by Gasteiger charge is 2.64. The highest BCUT2D eigenvalue weighted by atomic mass is 31.3. The van der Waals surface area contributed by atoms with Crippen LogP contribution in [0.25, 0.3) is 0 Å². The fourth-order valence-corrected chi connectivity index (χ4v) is 50.1. The average Bonchev–Trinajstić information content (AvgIpc) is 1.66. The van der Waals surface area contributed by atoms with E-state index in [0.717, 1.165) is 77.8 Å². The SMILES string of the molecule is [CH2-][P+](c1ccccc1)(c1ccc(C)cc1)N(CCN(CCN([P+]([CH2-])(c1ccccc1)c1ccc(C)cc1)[P+]1([CH2-])[C@H](c2ccccc2)CC[C@H]1c1ccccc1)CCN([P+]([CH2-])(c1ccccc1)c1ccc(C)cc1)[P+]1([CH2-])[C@H](c2ccccc2)CC[C@H]1c1ccccc1)[P+]1([CH2-])[C@H](c2ccccc2)CC[C@H]1c1ccccc1. The number of hydrogen-bond acceptors (Lipinski definition) is 4. The van der Waals surface area contributed by atoms with E-state index < -0.39 is 44.5 Å². The van der Waals surface area contributed by atoms with Gasteiger partial charge in [0.05, 0.1) is 108 Å². The molecule has 0 spiro atoms. The maximum Gasteiger partial charge on any atom is 0.0906 e. The third-order valence-electron chi connectivity index (χ3n) is 24.7. The molecule has 12 aromatic carbocycles. The third kappa shape index (κ3) is 15.0. The van der Waals surface area contributed by atoms with Gasteiger partial charge in [-0.25, -0.2) is 0 Å². The molecule has 109 heavy (non-hydrogen) atoms. The van der Waals surface area contributed by atoms with Crippen LogP contribution in [0.15, 0.2) is 346 Å². The van der Waals surface area contributed by atoms with Crippen molar-refractivity contribution in [1.82, 2.24) is 18.2 Å². The predicted molar refractivity (Wildman–Crippen MR) is 484 cm³/mol.